The Morgan fingerprint density at radius 2 is 0.912 bits per heavy atom. The highest BCUT2D eigenvalue weighted by molar-refractivity contribution is 7.13. The first-order valence-electron chi connectivity index (χ1n) is 30.5. The van der Waals surface area contributed by atoms with Crippen molar-refractivity contribution in [1.29, 1.82) is 0 Å². The maximum Gasteiger partial charge on any atom is 0.274 e. The zero-order valence-electron chi connectivity index (χ0n) is 58.8. The van der Waals surface area contributed by atoms with E-state index in [0.717, 1.165) is 107 Å². The van der Waals surface area contributed by atoms with E-state index in [1.54, 1.807) is 42.5 Å². The molecule has 13 nitrogen and oxygen atoms in total. The number of anilines is 6. The molecule has 0 saturated heterocycles. The molecule has 5 aromatic heterocycles. The number of allylic oxidation sites excluding steroid dienone is 4. The average Bonchev–Trinajstić information content (AvgIpc) is 1.05. The van der Waals surface area contributed by atoms with Gasteiger partial charge in [0.25, 0.3) is 4.88 Å². The van der Waals surface area contributed by atoms with Gasteiger partial charge in [-0.2, -0.15) is 0 Å². The van der Waals surface area contributed by atoms with E-state index in [2.05, 4.69) is 111 Å². The van der Waals surface area contributed by atoms with Crippen LogP contribution in [0.2, 0.25) is 0 Å². The number of Topliss-reactive ketones (excluding diaryl/α,β-unsaturated/α-hetero) is 1. The lowest BCUT2D eigenvalue weighted by Crippen LogP contribution is -2.22. The monoisotopic (exact) mass is 1260 g/mol. The summed E-state index contributed by atoms with van der Waals surface area (Å²) in [6, 6.07) is 1.81. The lowest BCUT2D eigenvalue weighted by atomic mass is 9.97. The van der Waals surface area contributed by atoms with Crippen molar-refractivity contribution in [2.75, 3.05) is 87.4 Å². The highest BCUT2D eigenvalue weighted by Crippen LogP contribution is 2.37. The number of ketones is 1. The Hall–Kier alpha value is -8.62. The quantitative estimate of drug-likeness (QED) is 0.0277. The van der Waals surface area contributed by atoms with Gasteiger partial charge in [0, 0.05) is 143 Å². The Bertz CT molecular complexity index is 3370. The highest BCUT2D eigenvalue weighted by Gasteiger charge is 2.23. The number of hydrogen-bond donors (Lipinski definition) is 4. The number of nitrogen functional groups attached to an aromatic ring is 2. The standard InChI is InChI=1S/C17H21NO.C16H24O2S.C15H24N4.C15H15N.C13H24N4.CH4/c1-7-13-15(9-11(3)4)18-16(10-12(5)6)14(8-2)17(13)19;1-4-5-6-7-8-9-10-14(17)15-11-12(2)16(18)13(3)19-15;1-9(2)7-11-13(19(5)6)12(8-10(3)4)15(17)18-14(11)16;1-6-11-12(7-2)14(9-4)16-15(10-5)13(11)8-3;1-9-11(15(3)4)10(2)13(17(7)8)14-12(9)16(5)6;/h7-10H,1-2H2,3-6H3,(H,18,19);11H,4-10H2,1-3H3;7-8H,1-6H3,(H4,16,17,18);6-10H,1-5H2;1-8H3;1H4/p+1. The van der Waals surface area contributed by atoms with Gasteiger partial charge in [0.15, 0.2) is 11.2 Å². The van der Waals surface area contributed by atoms with Crippen LogP contribution in [0.5, 0.6) is 5.75 Å². The molecule has 0 radical (unpaired) electrons. The number of carbonyl (C=O) groups is 1. The van der Waals surface area contributed by atoms with Gasteiger partial charge >= 0.3 is 0 Å². The summed E-state index contributed by atoms with van der Waals surface area (Å²) in [7, 11) is 16.3. The molecule has 5 rings (SSSR count). The molecule has 0 aliphatic rings. The van der Waals surface area contributed by atoms with Gasteiger partial charge in [-0.1, -0.05) is 157 Å². The number of nitrogens with zero attached hydrogens (tertiary/aromatic N) is 7. The number of aromatic hydroxyl groups is 1. The third kappa shape index (κ3) is 24.3. The molecule has 494 valence electrons. The van der Waals surface area contributed by atoms with Gasteiger partial charge in [-0.15, -0.1) is 0 Å². The van der Waals surface area contributed by atoms with E-state index < -0.39 is 0 Å². The van der Waals surface area contributed by atoms with Crippen LogP contribution in [0.4, 0.5) is 34.6 Å². The van der Waals surface area contributed by atoms with E-state index in [0.29, 0.717) is 34.9 Å². The van der Waals surface area contributed by atoms with E-state index in [1.807, 2.05) is 147 Å². The Labute approximate surface area is 553 Å². The lowest BCUT2D eigenvalue weighted by molar-refractivity contribution is 0.0982. The van der Waals surface area contributed by atoms with Gasteiger partial charge in [0.05, 0.1) is 17.1 Å². The number of unbranched alkanes of at least 4 members (excludes halogenated alkanes) is 5. The first-order valence-corrected chi connectivity index (χ1v) is 31.3. The zero-order chi connectivity index (χ0) is 69.0. The normalized spacial score (nSPS) is 9.90. The van der Waals surface area contributed by atoms with Crippen molar-refractivity contribution in [1.82, 2.24) is 19.9 Å². The van der Waals surface area contributed by atoms with E-state index in [9.17, 15) is 14.7 Å². The molecule has 0 fully saturated rings. The summed E-state index contributed by atoms with van der Waals surface area (Å²) in [5, 5.41) is 9.71. The molecule has 0 aliphatic carbocycles. The second-order valence-corrected chi connectivity index (χ2v) is 24.9. The molecule has 6 N–H and O–H groups in total. The molecule has 5 aromatic rings. The summed E-state index contributed by atoms with van der Waals surface area (Å²) >= 11 is 1.40. The van der Waals surface area contributed by atoms with Gasteiger partial charge in [-0.05, 0) is 112 Å². The fourth-order valence-corrected chi connectivity index (χ4v) is 10.9. The van der Waals surface area contributed by atoms with E-state index in [1.165, 1.54) is 65.0 Å². The number of aryl methyl sites for hydroxylation is 2. The zero-order valence-corrected chi connectivity index (χ0v) is 59.6. The molecule has 0 bridgehead atoms. The molecule has 91 heavy (non-hydrogen) atoms. The minimum absolute atomic E-state index is 0. The third-order valence-corrected chi connectivity index (χ3v) is 14.9. The molecular formula is C77H113N10O3S+. The summed E-state index contributed by atoms with van der Waals surface area (Å²) in [5.41, 5.74) is 31.1. The molecule has 0 spiro atoms. The number of aromatic amines is 1. The van der Waals surface area contributed by atoms with Crippen LogP contribution in [0.15, 0.2) is 79.2 Å². The molecule has 14 heteroatoms. The van der Waals surface area contributed by atoms with Gasteiger partial charge in [0.1, 0.15) is 23.3 Å². The van der Waals surface area contributed by atoms with Crippen LogP contribution in [0.3, 0.4) is 0 Å². The van der Waals surface area contributed by atoms with Gasteiger partial charge < -0.3 is 41.2 Å². The second-order valence-electron chi connectivity index (χ2n) is 23.7. The van der Waals surface area contributed by atoms with Gasteiger partial charge in [-0.3, -0.25) is 9.59 Å². The Balaban J connectivity index is 0.00000111. The SMILES string of the molecule is C.C=Cc1c(C=C(C)C)[nH]c(C=C(C)C)c(C=C)c1=O.C=Cc1nc(C=C)c(C=C)c(C=C)c1C=C.CC(C)=Cc1c(N)nc(N)c(C=C(C)C)c1N(C)C.CCCCCCCCC(=O)c1cc(C)c(O)c(C)[s+]1.Cc1c(N(C)C)nc(N(C)C)c(C)c1N(C)C. The van der Waals surface area contributed by atoms with Crippen LogP contribution in [0.25, 0.3) is 66.8 Å². The molecule has 0 atom stereocenters. The summed E-state index contributed by atoms with van der Waals surface area (Å²) in [6.07, 6.45) is 27.7. The summed E-state index contributed by atoms with van der Waals surface area (Å²) in [6.45, 7) is 52.6. The molecular weight excluding hydrogens is 1140 g/mol. The summed E-state index contributed by atoms with van der Waals surface area (Å²) in [5.74, 6) is 3.53. The number of rotatable bonds is 23. The van der Waals surface area contributed by atoms with Crippen molar-refractivity contribution in [2.24, 2.45) is 0 Å². The Morgan fingerprint density at radius 3 is 1.24 bits per heavy atom. The molecule has 0 amide bonds. The van der Waals surface area contributed by atoms with Crippen molar-refractivity contribution in [3.8, 4) is 5.75 Å². The predicted molar refractivity (Wildman–Crippen MR) is 412 cm³/mol. The topological polar surface area (TPSA) is 174 Å². The minimum Gasteiger partial charge on any atom is -0.503 e. The minimum atomic E-state index is -0.0382. The smallest absolute Gasteiger partial charge is 0.274 e. The van der Waals surface area contributed by atoms with E-state index >= 15 is 0 Å². The summed E-state index contributed by atoms with van der Waals surface area (Å²) in [4.78, 5) is 51.1. The fraction of sp³-hybridized carbons (Fsp3) is 0.377. The molecule has 0 aliphatic heterocycles. The van der Waals surface area contributed by atoms with Crippen LogP contribution in [-0.4, -0.2) is 87.2 Å². The highest BCUT2D eigenvalue weighted by atomic mass is 32.1. The maximum atomic E-state index is 12.4. The van der Waals surface area contributed by atoms with Crippen LogP contribution in [0, 0.1) is 27.7 Å². The van der Waals surface area contributed by atoms with Crippen LogP contribution < -0.4 is 36.5 Å². The third-order valence-electron chi connectivity index (χ3n) is 13.8. The van der Waals surface area contributed by atoms with Crippen LogP contribution >= 0.6 is 11.3 Å². The van der Waals surface area contributed by atoms with Gasteiger partial charge in [-0.25, -0.2) is 15.0 Å². The number of carbonyl (C=O) groups excluding carboxylic acids is 1. The average molecular weight is 1260 g/mol. The number of H-pyrrole nitrogens is 1. The number of pyridine rings is 4. The maximum absolute atomic E-state index is 12.4. The molecule has 0 saturated carbocycles. The molecule has 0 aromatic carbocycles. The summed E-state index contributed by atoms with van der Waals surface area (Å²) < 4.78 is 0. The second kappa shape index (κ2) is 40.2. The van der Waals surface area contributed by atoms with E-state index in [-0.39, 0.29) is 18.6 Å². The first kappa shape index (κ1) is 82.4. The molecule has 0 unspecified atom stereocenters. The fourth-order valence-electron chi connectivity index (χ4n) is 9.91. The number of nitrogens with two attached hydrogens (primary N) is 2. The number of hydrogen-bond acceptors (Lipinski definition) is 12. The van der Waals surface area contributed by atoms with Crippen molar-refractivity contribution in [3.63, 3.8) is 0 Å². The number of nitrogens with one attached hydrogen (secondary N) is 1. The predicted octanol–water partition coefficient (Wildman–Crippen LogP) is 19.8. The van der Waals surface area contributed by atoms with E-state index in [4.69, 9.17) is 16.5 Å². The molecule has 5 heterocycles. The Kier molecular flexibility index (Phi) is 36.4. The Morgan fingerprint density at radius 1 is 0.527 bits per heavy atom. The van der Waals surface area contributed by atoms with Crippen LogP contribution in [-0.2, 0) is 0 Å². The van der Waals surface area contributed by atoms with Crippen molar-refractivity contribution in [2.45, 2.75) is 142 Å². The van der Waals surface area contributed by atoms with Gasteiger partial charge in [0.2, 0.25) is 22.0 Å². The number of aromatic nitrogens is 4. The largest absolute Gasteiger partial charge is 0.503 e. The van der Waals surface area contributed by atoms with Crippen molar-refractivity contribution in [3.05, 3.63) is 173 Å². The van der Waals surface area contributed by atoms with Crippen LogP contribution in [0.1, 0.15) is 208 Å². The van der Waals surface area contributed by atoms with Crippen molar-refractivity contribution < 1.29 is 9.90 Å². The lowest BCUT2D eigenvalue weighted by Gasteiger charge is -2.27. The first-order chi connectivity index (χ1) is 42.2. The van der Waals surface area contributed by atoms with Crippen molar-refractivity contribution >= 4 is 119 Å².